The molecular weight excluding hydrogens is 202 g/mol. The van der Waals surface area contributed by atoms with Crippen LogP contribution in [0.5, 0.6) is 0 Å². The maximum atomic E-state index is 11.0. The Kier molecular flexibility index (Phi) is 3.40. The second-order valence-electron chi connectivity index (χ2n) is 3.43. The highest BCUT2D eigenvalue weighted by atomic mass is 32.1. The summed E-state index contributed by atoms with van der Waals surface area (Å²) in [4.78, 5) is 23.6. The van der Waals surface area contributed by atoms with Gasteiger partial charge in [0, 0.05) is 6.04 Å². The van der Waals surface area contributed by atoms with Gasteiger partial charge < -0.3 is 10.2 Å². The van der Waals surface area contributed by atoms with E-state index in [9.17, 15) is 9.59 Å². The molecule has 0 aromatic rings. The predicted molar refractivity (Wildman–Crippen MR) is 55.6 cm³/mol. The lowest BCUT2D eigenvalue weighted by atomic mass is 10.3. The second-order valence-corrected chi connectivity index (χ2v) is 3.82. The van der Waals surface area contributed by atoms with E-state index in [1.807, 2.05) is 13.8 Å². The molecule has 14 heavy (non-hydrogen) atoms. The number of hydrogen-bond donors (Lipinski definition) is 2. The monoisotopic (exact) mass is 215 g/mol. The van der Waals surface area contributed by atoms with Crippen LogP contribution in [-0.2, 0) is 9.59 Å². The van der Waals surface area contributed by atoms with Gasteiger partial charge in [-0.3, -0.25) is 14.9 Å². The zero-order valence-corrected chi connectivity index (χ0v) is 8.98. The van der Waals surface area contributed by atoms with Crippen molar-refractivity contribution in [2.45, 2.75) is 19.9 Å². The highest BCUT2D eigenvalue weighted by Gasteiger charge is 2.24. The van der Waals surface area contributed by atoms with Crippen molar-refractivity contribution in [2.24, 2.45) is 0 Å². The van der Waals surface area contributed by atoms with E-state index in [1.54, 1.807) is 4.90 Å². The molecule has 1 aliphatic heterocycles. The lowest BCUT2D eigenvalue weighted by Crippen LogP contribution is -2.56. The zero-order valence-electron chi connectivity index (χ0n) is 8.16. The van der Waals surface area contributed by atoms with Gasteiger partial charge >= 0.3 is 0 Å². The largest absolute Gasteiger partial charge is 0.360 e. The number of nitrogens with one attached hydrogen (secondary N) is 2. The zero-order chi connectivity index (χ0) is 10.7. The van der Waals surface area contributed by atoms with Crippen molar-refractivity contribution in [3.63, 3.8) is 0 Å². The molecule has 6 heteroatoms. The third-order valence-electron chi connectivity index (χ3n) is 1.65. The minimum absolute atomic E-state index is 0.143. The van der Waals surface area contributed by atoms with Gasteiger partial charge in [-0.05, 0) is 26.1 Å². The van der Waals surface area contributed by atoms with E-state index in [-0.39, 0.29) is 30.9 Å². The average molecular weight is 215 g/mol. The summed E-state index contributed by atoms with van der Waals surface area (Å²) >= 11 is 5.04. The molecule has 0 aliphatic carbocycles. The number of imide groups is 1. The maximum absolute atomic E-state index is 11.0. The molecule has 2 N–H and O–H groups in total. The summed E-state index contributed by atoms with van der Waals surface area (Å²) in [5.74, 6) is -0.622. The smallest absolute Gasteiger partial charge is 0.246 e. The summed E-state index contributed by atoms with van der Waals surface area (Å²) in [5, 5.41) is 5.64. The van der Waals surface area contributed by atoms with Crippen LogP contribution >= 0.6 is 12.2 Å². The van der Waals surface area contributed by atoms with Gasteiger partial charge in [-0.25, -0.2) is 0 Å². The van der Waals surface area contributed by atoms with E-state index in [2.05, 4.69) is 10.6 Å². The molecular formula is C8H13N3O2S. The van der Waals surface area contributed by atoms with Crippen molar-refractivity contribution < 1.29 is 9.59 Å². The number of nitrogens with zero attached hydrogens (tertiary/aromatic N) is 1. The normalized spacial score (nSPS) is 16.9. The molecule has 5 nitrogen and oxygen atoms in total. The maximum Gasteiger partial charge on any atom is 0.246 e. The number of amides is 2. The predicted octanol–water partition coefficient (Wildman–Crippen LogP) is -0.772. The Balaban J connectivity index is 2.55. The number of piperazine rings is 1. The van der Waals surface area contributed by atoms with Crippen LogP contribution in [0.1, 0.15) is 13.8 Å². The summed E-state index contributed by atoms with van der Waals surface area (Å²) in [6, 6.07) is 0.197. The second kappa shape index (κ2) is 4.36. The van der Waals surface area contributed by atoms with E-state index in [1.165, 1.54) is 0 Å². The van der Waals surface area contributed by atoms with Gasteiger partial charge in [-0.1, -0.05) is 0 Å². The van der Waals surface area contributed by atoms with Crippen molar-refractivity contribution in [1.29, 1.82) is 0 Å². The molecule has 78 valence electrons. The van der Waals surface area contributed by atoms with E-state index < -0.39 is 0 Å². The first-order chi connectivity index (χ1) is 6.49. The Hall–Kier alpha value is -1.17. The number of carbonyl (C=O) groups excluding carboxylic acids is 2. The standard InChI is InChI=1S/C8H13N3O2S/c1-5(2)9-8(14)11-3-6(12)10-7(13)4-11/h5H,3-4H2,1-2H3,(H,9,14)(H,10,12,13). The number of carbonyl (C=O) groups is 2. The van der Waals surface area contributed by atoms with Gasteiger partial charge in [0.15, 0.2) is 5.11 Å². The quantitative estimate of drug-likeness (QED) is 0.444. The van der Waals surface area contributed by atoms with Crippen LogP contribution in [0.3, 0.4) is 0 Å². The third-order valence-corrected chi connectivity index (χ3v) is 2.02. The first-order valence-corrected chi connectivity index (χ1v) is 4.78. The van der Waals surface area contributed by atoms with E-state index in [0.29, 0.717) is 5.11 Å². The van der Waals surface area contributed by atoms with Crippen molar-refractivity contribution in [3.05, 3.63) is 0 Å². The number of thiocarbonyl (C=S) groups is 1. The first-order valence-electron chi connectivity index (χ1n) is 4.37. The molecule has 0 radical (unpaired) electrons. The summed E-state index contributed by atoms with van der Waals surface area (Å²) in [5.41, 5.74) is 0. The molecule has 1 heterocycles. The van der Waals surface area contributed by atoms with Crippen LogP contribution in [0.4, 0.5) is 0 Å². The fourth-order valence-corrected chi connectivity index (χ4v) is 1.48. The van der Waals surface area contributed by atoms with Gasteiger partial charge in [0.2, 0.25) is 11.8 Å². The SMILES string of the molecule is CC(C)NC(=S)N1CC(=O)NC(=O)C1. The fourth-order valence-electron chi connectivity index (χ4n) is 1.12. The summed E-state index contributed by atoms with van der Waals surface area (Å²) in [6.45, 7) is 4.17. The lowest BCUT2D eigenvalue weighted by molar-refractivity contribution is -0.134. The van der Waals surface area contributed by atoms with Crippen LogP contribution in [-0.4, -0.2) is 41.0 Å². The van der Waals surface area contributed by atoms with Crippen LogP contribution in [0.15, 0.2) is 0 Å². The summed E-state index contributed by atoms with van der Waals surface area (Å²) in [6.07, 6.45) is 0. The summed E-state index contributed by atoms with van der Waals surface area (Å²) < 4.78 is 0. The molecule has 0 aromatic heterocycles. The highest BCUT2D eigenvalue weighted by molar-refractivity contribution is 7.80. The Morgan fingerprint density at radius 2 is 1.93 bits per heavy atom. The van der Waals surface area contributed by atoms with Crippen LogP contribution in [0.25, 0.3) is 0 Å². The van der Waals surface area contributed by atoms with E-state index in [4.69, 9.17) is 12.2 Å². The minimum atomic E-state index is -0.311. The summed E-state index contributed by atoms with van der Waals surface area (Å²) in [7, 11) is 0. The van der Waals surface area contributed by atoms with Crippen LogP contribution in [0, 0.1) is 0 Å². The highest BCUT2D eigenvalue weighted by Crippen LogP contribution is 1.96. The molecule has 1 fully saturated rings. The van der Waals surface area contributed by atoms with E-state index in [0.717, 1.165) is 0 Å². The molecule has 2 amide bonds. The van der Waals surface area contributed by atoms with Crippen molar-refractivity contribution in [2.75, 3.05) is 13.1 Å². The lowest BCUT2D eigenvalue weighted by Gasteiger charge is -2.28. The van der Waals surface area contributed by atoms with E-state index >= 15 is 0 Å². The van der Waals surface area contributed by atoms with Gasteiger partial charge in [-0.15, -0.1) is 0 Å². The molecule has 0 spiro atoms. The molecule has 1 saturated heterocycles. The molecule has 0 saturated carbocycles. The third kappa shape index (κ3) is 2.95. The molecule has 0 atom stereocenters. The Labute approximate surface area is 87.8 Å². The minimum Gasteiger partial charge on any atom is -0.360 e. The van der Waals surface area contributed by atoms with Crippen LogP contribution < -0.4 is 10.6 Å². The molecule has 0 aromatic carbocycles. The fraction of sp³-hybridized carbons (Fsp3) is 0.625. The molecule has 1 rings (SSSR count). The Bertz CT molecular complexity index is 262. The van der Waals surface area contributed by atoms with Crippen molar-refractivity contribution in [1.82, 2.24) is 15.5 Å². The topological polar surface area (TPSA) is 61.4 Å². The van der Waals surface area contributed by atoms with Gasteiger partial charge in [0.25, 0.3) is 0 Å². The molecule has 1 aliphatic rings. The number of rotatable bonds is 1. The van der Waals surface area contributed by atoms with Gasteiger partial charge in [-0.2, -0.15) is 0 Å². The molecule has 0 bridgehead atoms. The van der Waals surface area contributed by atoms with Crippen LogP contribution in [0.2, 0.25) is 0 Å². The van der Waals surface area contributed by atoms with Crippen molar-refractivity contribution >= 4 is 29.1 Å². The Morgan fingerprint density at radius 1 is 1.43 bits per heavy atom. The van der Waals surface area contributed by atoms with Gasteiger partial charge in [0.05, 0.1) is 13.1 Å². The Morgan fingerprint density at radius 3 is 2.36 bits per heavy atom. The van der Waals surface area contributed by atoms with Gasteiger partial charge in [0.1, 0.15) is 0 Å². The molecule has 0 unspecified atom stereocenters. The van der Waals surface area contributed by atoms with Crippen molar-refractivity contribution in [3.8, 4) is 0 Å². The number of hydrogen-bond acceptors (Lipinski definition) is 3. The average Bonchev–Trinajstić information content (AvgIpc) is 2.00. The first kappa shape index (κ1) is 10.9.